The largest absolute Gasteiger partial charge is 0.356 e. The molecule has 0 bridgehead atoms. The lowest BCUT2D eigenvalue weighted by atomic mass is 10.0. The minimum Gasteiger partial charge on any atom is -0.356 e. The molecule has 0 aliphatic carbocycles. The summed E-state index contributed by atoms with van der Waals surface area (Å²) in [6.07, 6.45) is 1.90. The lowest BCUT2D eigenvalue weighted by Gasteiger charge is -2.10. The Morgan fingerprint density at radius 2 is 2.04 bits per heavy atom. The van der Waals surface area contributed by atoms with E-state index >= 15 is 0 Å². The van der Waals surface area contributed by atoms with Gasteiger partial charge in [-0.15, -0.1) is 0 Å². The molecule has 0 radical (unpaired) electrons. The average molecular weight is 319 g/mol. The Hall–Kier alpha value is -2.15. The number of carbonyl (C=O) groups is 1. The van der Waals surface area contributed by atoms with Crippen molar-refractivity contribution >= 4 is 16.9 Å². The molecule has 7 heteroatoms. The van der Waals surface area contributed by atoms with E-state index in [-0.39, 0.29) is 11.5 Å². The third kappa shape index (κ3) is 3.79. The molecule has 0 aromatic carbocycles. The van der Waals surface area contributed by atoms with Gasteiger partial charge in [-0.05, 0) is 51.4 Å². The summed E-state index contributed by atoms with van der Waals surface area (Å²) in [5.41, 5.74) is 3.29. The molecule has 0 unspecified atom stereocenters. The molecule has 3 N–H and O–H groups in total. The van der Waals surface area contributed by atoms with Crippen molar-refractivity contribution in [3.8, 4) is 0 Å². The molecule has 0 saturated heterocycles. The van der Waals surface area contributed by atoms with Gasteiger partial charge in [0.25, 0.3) is 5.56 Å². The van der Waals surface area contributed by atoms with Gasteiger partial charge in [-0.25, -0.2) is 4.98 Å². The van der Waals surface area contributed by atoms with Crippen LogP contribution in [0, 0.1) is 13.8 Å². The lowest BCUT2D eigenvalue weighted by Crippen LogP contribution is -2.26. The number of H-pyrrole nitrogens is 1. The van der Waals surface area contributed by atoms with Crippen molar-refractivity contribution in [2.24, 2.45) is 7.05 Å². The van der Waals surface area contributed by atoms with E-state index < -0.39 is 0 Å². The monoisotopic (exact) mass is 319 g/mol. The van der Waals surface area contributed by atoms with E-state index in [1.54, 1.807) is 11.7 Å². The van der Waals surface area contributed by atoms with Gasteiger partial charge in [-0.1, -0.05) is 0 Å². The first-order valence-corrected chi connectivity index (χ1v) is 7.91. The van der Waals surface area contributed by atoms with E-state index in [1.165, 1.54) is 0 Å². The summed E-state index contributed by atoms with van der Waals surface area (Å²) in [6, 6.07) is 0. The highest BCUT2D eigenvalue weighted by atomic mass is 16.1. The number of amides is 1. The van der Waals surface area contributed by atoms with E-state index in [2.05, 4.69) is 20.7 Å². The third-order valence-electron chi connectivity index (χ3n) is 4.10. The van der Waals surface area contributed by atoms with E-state index in [0.29, 0.717) is 30.4 Å². The van der Waals surface area contributed by atoms with Crippen LogP contribution in [0.3, 0.4) is 0 Å². The van der Waals surface area contributed by atoms with E-state index in [0.717, 1.165) is 29.8 Å². The first-order valence-electron chi connectivity index (χ1n) is 7.91. The van der Waals surface area contributed by atoms with Crippen LogP contribution in [0.1, 0.15) is 29.7 Å². The number of aryl methyl sites for hydroxylation is 3. The molecule has 0 aliphatic rings. The van der Waals surface area contributed by atoms with Crippen LogP contribution in [0.5, 0.6) is 0 Å². The molecule has 0 atom stereocenters. The molecule has 126 valence electrons. The topological polar surface area (TPSA) is 91.8 Å². The van der Waals surface area contributed by atoms with Gasteiger partial charge in [0.1, 0.15) is 0 Å². The van der Waals surface area contributed by atoms with Gasteiger partial charge in [0.05, 0.1) is 5.39 Å². The van der Waals surface area contributed by atoms with Crippen molar-refractivity contribution < 1.29 is 4.79 Å². The molecule has 23 heavy (non-hydrogen) atoms. The van der Waals surface area contributed by atoms with Crippen molar-refractivity contribution in [2.45, 2.75) is 33.1 Å². The Morgan fingerprint density at radius 3 is 2.74 bits per heavy atom. The zero-order valence-electron chi connectivity index (χ0n) is 14.2. The van der Waals surface area contributed by atoms with Crippen LogP contribution in [0.4, 0.5) is 0 Å². The molecule has 0 spiro atoms. The molecule has 2 rings (SSSR count). The van der Waals surface area contributed by atoms with Crippen molar-refractivity contribution in [2.75, 3.05) is 20.1 Å². The molecule has 7 nitrogen and oxygen atoms in total. The number of aromatic amines is 1. The van der Waals surface area contributed by atoms with Gasteiger partial charge in [-0.3, -0.25) is 19.4 Å². The van der Waals surface area contributed by atoms with Crippen molar-refractivity contribution in [1.29, 1.82) is 0 Å². The maximum Gasteiger partial charge on any atom is 0.273 e. The normalized spacial score (nSPS) is 11.1. The predicted molar refractivity (Wildman–Crippen MR) is 90.7 cm³/mol. The SMILES string of the molecule is CNCCCNC(=O)CCc1c(C)nc2c(c1C)c(=O)[nH]n2C. The van der Waals surface area contributed by atoms with E-state index in [4.69, 9.17) is 0 Å². The first-order chi connectivity index (χ1) is 11.0. The summed E-state index contributed by atoms with van der Waals surface area (Å²) < 4.78 is 1.63. The van der Waals surface area contributed by atoms with Gasteiger partial charge in [0.15, 0.2) is 5.65 Å². The Balaban J connectivity index is 2.10. The molecule has 1 amide bonds. The molecule has 0 aliphatic heterocycles. The minimum atomic E-state index is -0.134. The summed E-state index contributed by atoms with van der Waals surface area (Å²) in [5.74, 6) is 0.0296. The summed E-state index contributed by atoms with van der Waals surface area (Å²) in [6.45, 7) is 5.40. The fraction of sp³-hybridized carbons (Fsp3) is 0.562. The lowest BCUT2D eigenvalue weighted by molar-refractivity contribution is -0.121. The molecule has 2 heterocycles. The molecular formula is C16H25N5O2. The zero-order valence-corrected chi connectivity index (χ0v) is 14.2. The quantitative estimate of drug-likeness (QED) is 0.650. The fourth-order valence-electron chi connectivity index (χ4n) is 2.84. The highest BCUT2D eigenvalue weighted by molar-refractivity contribution is 5.81. The number of nitrogens with zero attached hydrogens (tertiary/aromatic N) is 2. The maximum atomic E-state index is 12.0. The number of aromatic nitrogens is 3. The molecule has 2 aromatic heterocycles. The van der Waals surface area contributed by atoms with Crippen molar-refractivity contribution in [3.63, 3.8) is 0 Å². The van der Waals surface area contributed by atoms with Gasteiger partial charge < -0.3 is 10.6 Å². The number of fused-ring (bicyclic) bond motifs is 1. The van der Waals surface area contributed by atoms with Crippen molar-refractivity contribution in [1.82, 2.24) is 25.4 Å². The Bertz CT molecular complexity index is 760. The number of carbonyl (C=O) groups excluding carboxylic acids is 1. The smallest absolute Gasteiger partial charge is 0.273 e. The number of pyridine rings is 1. The van der Waals surface area contributed by atoms with E-state index in [9.17, 15) is 9.59 Å². The van der Waals surface area contributed by atoms with Gasteiger partial charge in [0.2, 0.25) is 5.91 Å². The average Bonchev–Trinajstić information content (AvgIpc) is 2.78. The fourth-order valence-corrected chi connectivity index (χ4v) is 2.84. The highest BCUT2D eigenvalue weighted by Gasteiger charge is 2.15. The number of nitrogens with one attached hydrogen (secondary N) is 3. The Morgan fingerprint density at radius 1 is 1.30 bits per heavy atom. The standard InChI is InChI=1S/C16H25N5O2/c1-10-12(6-7-13(22)18-9-5-8-17-3)11(2)19-15-14(10)16(23)20-21(15)4/h17H,5-9H2,1-4H3,(H,18,22)(H,20,23). The van der Waals surface area contributed by atoms with Crippen LogP contribution in [-0.4, -0.2) is 40.8 Å². The van der Waals surface area contributed by atoms with Gasteiger partial charge in [0, 0.05) is 25.7 Å². The molecule has 0 saturated carbocycles. The van der Waals surface area contributed by atoms with Crippen LogP contribution < -0.4 is 16.2 Å². The highest BCUT2D eigenvalue weighted by Crippen LogP contribution is 2.20. The van der Waals surface area contributed by atoms with Crippen LogP contribution in [-0.2, 0) is 18.3 Å². The molecular weight excluding hydrogens is 294 g/mol. The summed E-state index contributed by atoms with van der Waals surface area (Å²) in [4.78, 5) is 28.4. The summed E-state index contributed by atoms with van der Waals surface area (Å²) in [7, 11) is 3.66. The molecule has 2 aromatic rings. The van der Waals surface area contributed by atoms with Crippen LogP contribution in [0.25, 0.3) is 11.0 Å². The van der Waals surface area contributed by atoms with Gasteiger partial charge >= 0.3 is 0 Å². The van der Waals surface area contributed by atoms with Crippen LogP contribution in [0.15, 0.2) is 4.79 Å². The second-order valence-corrected chi connectivity index (χ2v) is 5.81. The minimum absolute atomic E-state index is 0.0296. The number of rotatable bonds is 7. The third-order valence-corrected chi connectivity index (χ3v) is 4.10. The Kier molecular flexibility index (Phi) is 5.54. The number of hydrogen-bond acceptors (Lipinski definition) is 4. The van der Waals surface area contributed by atoms with Gasteiger partial charge in [-0.2, -0.15) is 0 Å². The number of hydrogen-bond donors (Lipinski definition) is 3. The van der Waals surface area contributed by atoms with Crippen LogP contribution >= 0.6 is 0 Å². The predicted octanol–water partition coefficient (Wildman–Crippen LogP) is 0.537. The van der Waals surface area contributed by atoms with Crippen molar-refractivity contribution in [3.05, 3.63) is 27.2 Å². The Labute approximate surface area is 135 Å². The second kappa shape index (κ2) is 7.41. The summed E-state index contributed by atoms with van der Waals surface area (Å²) >= 11 is 0. The second-order valence-electron chi connectivity index (χ2n) is 5.81. The maximum absolute atomic E-state index is 12.0. The first kappa shape index (κ1) is 17.2. The van der Waals surface area contributed by atoms with E-state index in [1.807, 2.05) is 20.9 Å². The summed E-state index contributed by atoms with van der Waals surface area (Å²) in [5, 5.41) is 9.29. The zero-order chi connectivity index (χ0) is 17.0. The van der Waals surface area contributed by atoms with Crippen LogP contribution in [0.2, 0.25) is 0 Å². The molecule has 0 fully saturated rings.